The van der Waals surface area contributed by atoms with Crippen molar-refractivity contribution < 1.29 is 31.5 Å². The maximum Gasteiger partial charge on any atom is 0.434 e. The number of halogens is 5. The second kappa shape index (κ2) is 11.3. The molecule has 0 aliphatic carbocycles. The minimum absolute atomic E-state index is 0.0558. The lowest BCUT2D eigenvalue weighted by atomic mass is 10.1. The molecule has 196 valence electrons. The Morgan fingerprint density at radius 2 is 1.76 bits per heavy atom. The van der Waals surface area contributed by atoms with E-state index in [-0.39, 0.29) is 12.2 Å². The van der Waals surface area contributed by atoms with Gasteiger partial charge in [0.25, 0.3) is 5.91 Å². The standard InChI is InChI=1S/C18H16F5N5O.C7H8O/c1-10(26-16(29)17(2,19)20)9-28-14-4-3-11(5-12(14)6-25-28)13-7-24-8-15(27-13)18(21,22)23;1-8-7-5-3-2-4-6-7/h3-8,10H,9H2,1-2H3,(H,26,29);2-6H,1H3. The van der Waals surface area contributed by atoms with Crippen molar-refractivity contribution in [2.24, 2.45) is 0 Å². The predicted molar refractivity (Wildman–Crippen MR) is 127 cm³/mol. The molecule has 0 radical (unpaired) electrons. The van der Waals surface area contributed by atoms with Crippen LogP contribution in [0.1, 0.15) is 19.5 Å². The van der Waals surface area contributed by atoms with Crippen LogP contribution in [-0.2, 0) is 17.5 Å². The fraction of sp³-hybridized carbons (Fsp3) is 0.280. The quantitative estimate of drug-likeness (QED) is 0.345. The predicted octanol–water partition coefficient (Wildman–Crippen LogP) is 5.37. The van der Waals surface area contributed by atoms with E-state index >= 15 is 0 Å². The number of methoxy groups -OCH3 is 1. The Labute approximate surface area is 209 Å². The van der Waals surface area contributed by atoms with Crippen LogP contribution >= 0.6 is 0 Å². The van der Waals surface area contributed by atoms with Gasteiger partial charge in [-0.3, -0.25) is 14.5 Å². The average molecular weight is 521 g/mol. The van der Waals surface area contributed by atoms with Gasteiger partial charge < -0.3 is 10.1 Å². The van der Waals surface area contributed by atoms with Gasteiger partial charge in [-0.15, -0.1) is 0 Å². The molecule has 4 rings (SSSR count). The molecular weight excluding hydrogens is 497 g/mol. The first-order chi connectivity index (χ1) is 17.4. The van der Waals surface area contributed by atoms with E-state index in [2.05, 4.69) is 20.4 Å². The number of nitrogens with one attached hydrogen (secondary N) is 1. The second-order valence-electron chi connectivity index (χ2n) is 8.17. The van der Waals surface area contributed by atoms with Crippen LogP contribution in [0, 0.1) is 0 Å². The summed E-state index contributed by atoms with van der Waals surface area (Å²) in [6.45, 7) is 2.20. The molecule has 2 aromatic heterocycles. The molecule has 37 heavy (non-hydrogen) atoms. The summed E-state index contributed by atoms with van der Waals surface area (Å²) in [5.41, 5.74) is 0.00374. The molecule has 0 aliphatic heterocycles. The topological polar surface area (TPSA) is 81.9 Å². The summed E-state index contributed by atoms with van der Waals surface area (Å²) in [7, 11) is 1.66. The summed E-state index contributed by atoms with van der Waals surface area (Å²) in [6.07, 6.45) is -1.24. The average Bonchev–Trinajstić information content (AvgIpc) is 3.25. The molecule has 4 aromatic rings. The molecule has 0 fully saturated rings. The molecule has 1 N–H and O–H groups in total. The summed E-state index contributed by atoms with van der Waals surface area (Å²) < 4.78 is 70.9. The summed E-state index contributed by atoms with van der Waals surface area (Å²) >= 11 is 0. The van der Waals surface area contributed by atoms with Gasteiger partial charge in [-0.05, 0) is 31.2 Å². The van der Waals surface area contributed by atoms with E-state index in [9.17, 15) is 26.7 Å². The van der Waals surface area contributed by atoms with Gasteiger partial charge in [-0.25, -0.2) is 4.98 Å². The van der Waals surface area contributed by atoms with Crippen LogP contribution in [0.3, 0.4) is 0 Å². The zero-order valence-electron chi connectivity index (χ0n) is 20.1. The maximum absolute atomic E-state index is 13.0. The lowest BCUT2D eigenvalue weighted by molar-refractivity contribution is -0.143. The van der Waals surface area contributed by atoms with Crippen LogP contribution in [-0.4, -0.2) is 44.7 Å². The number of alkyl halides is 5. The largest absolute Gasteiger partial charge is 0.497 e. The van der Waals surface area contributed by atoms with Crippen molar-refractivity contribution >= 4 is 16.8 Å². The Morgan fingerprint density at radius 3 is 2.35 bits per heavy atom. The third kappa shape index (κ3) is 7.45. The molecule has 0 aliphatic rings. The first-order valence-corrected chi connectivity index (χ1v) is 11.0. The van der Waals surface area contributed by atoms with Gasteiger partial charge in [0.05, 0.1) is 43.5 Å². The van der Waals surface area contributed by atoms with Crippen molar-refractivity contribution in [1.29, 1.82) is 0 Å². The second-order valence-corrected chi connectivity index (χ2v) is 8.17. The van der Waals surface area contributed by atoms with Crippen molar-refractivity contribution in [1.82, 2.24) is 25.1 Å². The molecule has 1 atom stereocenters. The highest BCUT2D eigenvalue weighted by Crippen LogP contribution is 2.29. The number of aromatic nitrogens is 4. The number of carbonyl (C=O) groups is 1. The van der Waals surface area contributed by atoms with Crippen molar-refractivity contribution in [2.45, 2.75) is 38.5 Å². The van der Waals surface area contributed by atoms with Crippen molar-refractivity contribution in [3.05, 3.63) is 72.8 Å². The number of nitrogens with zero attached hydrogens (tertiary/aromatic N) is 4. The number of rotatable bonds is 6. The van der Waals surface area contributed by atoms with E-state index in [1.165, 1.54) is 17.1 Å². The first-order valence-electron chi connectivity index (χ1n) is 11.0. The van der Waals surface area contributed by atoms with E-state index in [1.807, 2.05) is 30.3 Å². The summed E-state index contributed by atoms with van der Waals surface area (Å²) in [5.74, 6) is -3.96. The number of hydrogen-bond acceptors (Lipinski definition) is 5. The van der Waals surface area contributed by atoms with Crippen molar-refractivity contribution in [2.75, 3.05) is 7.11 Å². The summed E-state index contributed by atoms with van der Waals surface area (Å²) in [5, 5.41) is 6.98. The third-order valence-electron chi connectivity index (χ3n) is 5.06. The molecule has 2 aromatic carbocycles. The highest BCUT2D eigenvalue weighted by molar-refractivity contribution is 5.84. The van der Waals surface area contributed by atoms with Crippen LogP contribution in [0.5, 0.6) is 5.75 Å². The Balaban J connectivity index is 0.000000405. The fourth-order valence-electron chi connectivity index (χ4n) is 3.25. The molecular formula is C25H24F5N5O2. The number of benzene rings is 2. The summed E-state index contributed by atoms with van der Waals surface area (Å²) in [4.78, 5) is 18.6. The van der Waals surface area contributed by atoms with Gasteiger partial charge >= 0.3 is 12.1 Å². The molecule has 0 saturated carbocycles. The van der Waals surface area contributed by atoms with Gasteiger partial charge in [-0.2, -0.15) is 27.1 Å². The molecule has 12 heteroatoms. The van der Waals surface area contributed by atoms with E-state index in [0.29, 0.717) is 29.6 Å². The van der Waals surface area contributed by atoms with Crippen molar-refractivity contribution in [3.63, 3.8) is 0 Å². The number of amides is 1. The number of carbonyl (C=O) groups excluding carboxylic acids is 1. The highest BCUT2D eigenvalue weighted by atomic mass is 19.4. The highest BCUT2D eigenvalue weighted by Gasteiger charge is 2.34. The van der Waals surface area contributed by atoms with Gasteiger partial charge in [0.1, 0.15) is 5.75 Å². The first kappa shape index (κ1) is 27.5. The summed E-state index contributed by atoms with van der Waals surface area (Å²) in [6, 6.07) is 13.9. The van der Waals surface area contributed by atoms with Gasteiger partial charge in [0.2, 0.25) is 0 Å². The van der Waals surface area contributed by atoms with Crippen LogP contribution in [0.25, 0.3) is 22.2 Å². The molecule has 0 saturated heterocycles. The fourth-order valence-corrected chi connectivity index (χ4v) is 3.25. The minimum Gasteiger partial charge on any atom is -0.497 e. The lowest BCUT2D eigenvalue weighted by Gasteiger charge is -2.17. The van der Waals surface area contributed by atoms with Crippen LogP contribution in [0.2, 0.25) is 0 Å². The zero-order chi connectivity index (χ0) is 27.2. The van der Waals surface area contributed by atoms with Gasteiger partial charge in [0, 0.05) is 23.9 Å². The Morgan fingerprint density at radius 1 is 1.05 bits per heavy atom. The minimum atomic E-state index is -4.60. The van der Waals surface area contributed by atoms with E-state index in [1.54, 1.807) is 32.2 Å². The number of hydrogen-bond donors (Lipinski definition) is 1. The third-order valence-corrected chi connectivity index (χ3v) is 5.06. The Kier molecular flexibility index (Phi) is 8.41. The molecule has 0 bridgehead atoms. The van der Waals surface area contributed by atoms with Crippen molar-refractivity contribution in [3.8, 4) is 17.0 Å². The SMILES string of the molecule is CC(Cn1ncc2cc(-c3cncc(C(F)(F)F)n3)ccc21)NC(=O)C(C)(F)F.COc1ccccc1. The van der Waals surface area contributed by atoms with E-state index < -0.39 is 29.7 Å². The number of fused-ring (bicyclic) bond motifs is 1. The van der Waals surface area contributed by atoms with Crippen LogP contribution in [0.4, 0.5) is 22.0 Å². The Hall–Kier alpha value is -4.09. The smallest absolute Gasteiger partial charge is 0.434 e. The molecule has 0 spiro atoms. The number of para-hydroxylation sites is 1. The lowest BCUT2D eigenvalue weighted by Crippen LogP contribution is -2.44. The zero-order valence-corrected chi connectivity index (χ0v) is 20.1. The number of ether oxygens (including phenoxy) is 1. The van der Waals surface area contributed by atoms with Crippen LogP contribution < -0.4 is 10.1 Å². The van der Waals surface area contributed by atoms with Gasteiger partial charge in [-0.1, -0.05) is 24.3 Å². The monoisotopic (exact) mass is 521 g/mol. The van der Waals surface area contributed by atoms with Crippen LogP contribution in [0.15, 0.2) is 67.1 Å². The van der Waals surface area contributed by atoms with E-state index in [4.69, 9.17) is 4.74 Å². The molecule has 1 unspecified atom stereocenters. The maximum atomic E-state index is 13.0. The molecule has 2 heterocycles. The van der Waals surface area contributed by atoms with E-state index in [0.717, 1.165) is 5.75 Å². The molecule has 7 nitrogen and oxygen atoms in total. The molecule has 1 amide bonds. The normalized spacial score (nSPS) is 12.4. The van der Waals surface area contributed by atoms with Gasteiger partial charge in [0.15, 0.2) is 5.69 Å². The Bertz CT molecular complexity index is 1340.